The van der Waals surface area contributed by atoms with Gasteiger partial charge >= 0.3 is 0 Å². The van der Waals surface area contributed by atoms with E-state index in [-0.39, 0.29) is 24.2 Å². The van der Waals surface area contributed by atoms with Crippen LogP contribution in [0.1, 0.15) is 37.4 Å². The van der Waals surface area contributed by atoms with Gasteiger partial charge in [0, 0.05) is 25.7 Å². The van der Waals surface area contributed by atoms with Gasteiger partial charge in [0.1, 0.15) is 11.6 Å². The number of halogens is 1. The number of aromatic nitrogens is 5. The SMILES string of the molecule is Cc1ccc(-c2nnc(NS(=O)(=O)[C@@H](C)Cc3ncc(F)cn3)n2C2CCOCC2)o1. The van der Waals surface area contributed by atoms with Crippen LogP contribution in [-0.4, -0.2) is 51.6 Å². The van der Waals surface area contributed by atoms with E-state index in [1.807, 2.05) is 13.0 Å². The van der Waals surface area contributed by atoms with Gasteiger partial charge in [0.25, 0.3) is 0 Å². The van der Waals surface area contributed by atoms with Gasteiger partial charge in [-0.1, -0.05) is 0 Å². The molecule has 31 heavy (non-hydrogen) atoms. The molecule has 12 heteroatoms. The van der Waals surface area contributed by atoms with Crippen molar-refractivity contribution < 1.29 is 22.0 Å². The molecule has 0 aromatic carbocycles. The highest BCUT2D eigenvalue weighted by molar-refractivity contribution is 7.93. The quantitative estimate of drug-likeness (QED) is 0.582. The standard InChI is InChI=1S/C19H23FN6O4S/c1-12-3-4-16(30-12)18-23-24-19(26(18)15-5-7-29-8-6-15)25-31(27,28)13(2)9-17-21-10-14(20)11-22-17/h3-4,10-11,13,15H,5-9H2,1-2H3,(H,24,25)/t13-/m0/s1. The third-order valence-electron chi connectivity index (χ3n) is 5.12. The number of nitrogens with one attached hydrogen (secondary N) is 1. The van der Waals surface area contributed by atoms with Crippen LogP contribution < -0.4 is 4.72 Å². The van der Waals surface area contributed by atoms with E-state index in [4.69, 9.17) is 9.15 Å². The van der Waals surface area contributed by atoms with E-state index in [0.717, 1.165) is 12.4 Å². The predicted octanol–water partition coefficient (Wildman–Crippen LogP) is 2.50. The van der Waals surface area contributed by atoms with E-state index in [2.05, 4.69) is 24.9 Å². The van der Waals surface area contributed by atoms with Gasteiger partial charge in [0.2, 0.25) is 21.8 Å². The van der Waals surface area contributed by atoms with Crippen molar-refractivity contribution in [3.8, 4) is 11.6 Å². The zero-order chi connectivity index (χ0) is 22.0. The number of hydrogen-bond acceptors (Lipinski definition) is 8. The second-order valence-corrected chi connectivity index (χ2v) is 9.55. The topological polar surface area (TPSA) is 125 Å². The molecule has 0 radical (unpaired) electrons. The molecule has 166 valence electrons. The first-order valence-electron chi connectivity index (χ1n) is 9.91. The Balaban J connectivity index is 1.62. The Labute approximate surface area is 178 Å². The smallest absolute Gasteiger partial charge is 0.238 e. The second-order valence-electron chi connectivity index (χ2n) is 7.45. The molecule has 0 amide bonds. The van der Waals surface area contributed by atoms with Crippen LogP contribution in [0.15, 0.2) is 28.9 Å². The summed E-state index contributed by atoms with van der Waals surface area (Å²) < 4.78 is 54.5. The predicted molar refractivity (Wildman–Crippen MR) is 109 cm³/mol. The summed E-state index contributed by atoms with van der Waals surface area (Å²) in [5, 5.41) is 7.42. The van der Waals surface area contributed by atoms with Crippen LogP contribution >= 0.6 is 0 Å². The van der Waals surface area contributed by atoms with Crippen LogP contribution in [0.2, 0.25) is 0 Å². The minimum absolute atomic E-state index is 0.0191. The molecule has 0 aliphatic carbocycles. The van der Waals surface area contributed by atoms with Crippen LogP contribution in [0, 0.1) is 12.7 Å². The Hall–Kier alpha value is -2.86. The van der Waals surface area contributed by atoms with E-state index in [1.165, 1.54) is 6.92 Å². The molecule has 0 bridgehead atoms. The largest absolute Gasteiger partial charge is 0.458 e. The molecule has 3 aromatic rings. The van der Waals surface area contributed by atoms with Crippen molar-refractivity contribution in [1.82, 2.24) is 24.7 Å². The molecule has 1 aliphatic rings. The Morgan fingerprint density at radius 1 is 1.23 bits per heavy atom. The third kappa shape index (κ3) is 4.74. The molecule has 0 unspecified atom stereocenters. The van der Waals surface area contributed by atoms with E-state index >= 15 is 0 Å². The lowest BCUT2D eigenvalue weighted by Crippen LogP contribution is -2.30. The van der Waals surface area contributed by atoms with E-state index < -0.39 is 21.1 Å². The maximum Gasteiger partial charge on any atom is 0.238 e. The molecule has 4 rings (SSSR count). The van der Waals surface area contributed by atoms with E-state index in [9.17, 15) is 12.8 Å². The van der Waals surface area contributed by atoms with E-state index in [0.29, 0.717) is 43.4 Å². The molecule has 1 saturated heterocycles. The summed E-state index contributed by atoms with van der Waals surface area (Å²) in [5.74, 6) is 1.44. The number of sulfonamides is 1. The van der Waals surface area contributed by atoms with E-state index in [1.54, 1.807) is 10.6 Å². The lowest BCUT2D eigenvalue weighted by atomic mass is 10.1. The van der Waals surface area contributed by atoms with Crippen molar-refractivity contribution in [3.63, 3.8) is 0 Å². The average Bonchev–Trinajstić information content (AvgIpc) is 3.36. The maximum absolute atomic E-state index is 13.0. The van der Waals surface area contributed by atoms with Gasteiger partial charge in [-0.05, 0) is 38.8 Å². The van der Waals surface area contributed by atoms with Gasteiger partial charge in [-0.25, -0.2) is 22.8 Å². The lowest BCUT2D eigenvalue weighted by molar-refractivity contribution is 0.0703. The molecule has 1 N–H and O–H groups in total. The molecule has 1 atom stereocenters. The first-order chi connectivity index (χ1) is 14.8. The van der Waals surface area contributed by atoms with Crippen LogP contribution in [0.4, 0.5) is 10.3 Å². The highest BCUT2D eigenvalue weighted by Gasteiger charge is 2.30. The summed E-state index contributed by atoms with van der Waals surface area (Å²) in [6, 6.07) is 3.55. The molecule has 0 spiro atoms. The molecular weight excluding hydrogens is 427 g/mol. The van der Waals surface area contributed by atoms with Crippen molar-refractivity contribution in [2.45, 2.75) is 44.4 Å². The third-order valence-corrected chi connectivity index (χ3v) is 6.81. The first kappa shape index (κ1) is 21.4. The molecular formula is C19H23FN6O4S. The van der Waals surface area contributed by atoms with Gasteiger partial charge in [-0.15, -0.1) is 10.2 Å². The number of ether oxygens (including phenoxy) is 1. The average molecular weight is 450 g/mol. The van der Waals surface area contributed by atoms with Gasteiger partial charge in [0.05, 0.1) is 17.6 Å². The lowest BCUT2D eigenvalue weighted by Gasteiger charge is -2.26. The Morgan fingerprint density at radius 2 is 1.94 bits per heavy atom. The Bertz CT molecular complexity index is 1140. The zero-order valence-corrected chi connectivity index (χ0v) is 18.0. The summed E-state index contributed by atoms with van der Waals surface area (Å²) in [5.41, 5.74) is 0. The highest BCUT2D eigenvalue weighted by atomic mass is 32.2. The number of nitrogens with zero attached hydrogens (tertiary/aromatic N) is 5. The van der Waals surface area contributed by atoms with Crippen LogP contribution in [0.3, 0.4) is 0 Å². The fraction of sp³-hybridized carbons (Fsp3) is 0.474. The number of hydrogen-bond donors (Lipinski definition) is 1. The molecule has 4 heterocycles. The maximum atomic E-state index is 13.0. The van der Waals surface area contributed by atoms with Crippen LogP contribution in [0.5, 0.6) is 0 Å². The molecule has 1 fully saturated rings. The second kappa shape index (κ2) is 8.71. The van der Waals surface area contributed by atoms with Crippen molar-refractivity contribution in [1.29, 1.82) is 0 Å². The minimum Gasteiger partial charge on any atom is -0.458 e. The summed E-state index contributed by atoms with van der Waals surface area (Å²) in [6.07, 6.45) is 3.42. The van der Waals surface area contributed by atoms with Crippen molar-refractivity contribution in [2.24, 2.45) is 0 Å². The van der Waals surface area contributed by atoms with Crippen LogP contribution in [0.25, 0.3) is 11.6 Å². The summed E-state index contributed by atoms with van der Waals surface area (Å²) >= 11 is 0. The monoisotopic (exact) mass is 450 g/mol. The molecule has 3 aromatic heterocycles. The number of rotatable bonds is 7. The number of anilines is 1. The summed E-state index contributed by atoms with van der Waals surface area (Å²) in [7, 11) is -3.86. The molecule has 1 aliphatic heterocycles. The minimum atomic E-state index is -3.86. The van der Waals surface area contributed by atoms with Crippen molar-refractivity contribution in [3.05, 3.63) is 41.9 Å². The van der Waals surface area contributed by atoms with Gasteiger partial charge in [0.15, 0.2) is 11.6 Å². The van der Waals surface area contributed by atoms with Gasteiger partial charge < -0.3 is 9.15 Å². The van der Waals surface area contributed by atoms with Crippen LogP contribution in [-0.2, 0) is 21.2 Å². The Morgan fingerprint density at radius 3 is 2.58 bits per heavy atom. The van der Waals surface area contributed by atoms with Gasteiger partial charge in [-0.2, -0.15) is 0 Å². The number of furan rings is 1. The zero-order valence-electron chi connectivity index (χ0n) is 17.2. The molecule has 10 nitrogen and oxygen atoms in total. The fourth-order valence-electron chi connectivity index (χ4n) is 3.41. The fourth-order valence-corrected chi connectivity index (χ4v) is 4.38. The normalized spacial score (nSPS) is 16.4. The molecule has 0 saturated carbocycles. The van der Waals surface area contributed by atoms with Crippen molar-refractivity contribution >= 4 is 16.0 Å². The Kier molecular flexibility index (Phi) is 6.01. The summed E-state index contributed by atoms with van der Waals surface area (Å²) in [4.78, 5) is 7.68. The number of aryl methyl sites for hydroxylation is 1. The first-order valence-corrected chi connectivity index (χ1v) is 11.5. The van der Waals surface area contributed by atoms with Gasteiger partial charge in [-0.3, -0.25) is 9.29 Å². The van der Waals surface area contributed by atoms with Crippen molar-refractivity contribution in [2.75, 3.05) is 17.9 Å². The highest BCUT2D eigenvalue weighted by Crippen LogP contribution is 2.32. The summed E-state index contributed by atoms with van der Waals surface area (Å²) in [6.45, 7) is 4.47.